The molecule has 1 amide bonds. The molecule has 2 aliphatic rings. The molecule has 0 spiro atoms. The summed E-state index contributed by atoms with van der Waals surface area (Å²) in [6, 6.07) is 18.4. The summed E-state index contributed by atoms with van der Waals surface area (Å²) in [5, 5.41) is 2.37. The second kappa shape index (κ2) is 7.41. The summed E-state index contributed by atoms with van der Waals surface area (Å²) in [5.74, 6) is 0.338. The van der Waals surface area contributed by atoms with Crippen molar-refractivity contribution in [3.63, 3.8) is 0 Å². The summed E-state index contributed by atoms with van der Waals surface area (Å²) in [6.07, 6.45) is 5.55. The van der Waals surface area contributed by atoms with Gasteiger partial charge in [-0.05, 0) is 40.8 Å². The van der Waals surface area contributed by atoms with Gasteiger partial charge < -0.3 is 9.47 Å². The highest BCUT2D eigenvalue weighted by Gasteiger charge is 2.38. The maximum Gasteiger partial charge on any atom is 0.257 e. The van der Waals surface area contributed by atoms with Gasteiger partial charge in [0.1, 0.15) is 6.33 Å². The van der Waals surface area contributed by atoms with Crippen molar-refractivity contribution in [3.05, 3.63) is 94.9 Å². The van der Waals surface area contributed by atoms with Gasteiger partial charge >= 0.3 is 0 Å². The van der Waals surface area contributed by atoms with E-state index in [2.05, 4.69) is 40.3 Å². The van der Waals surface area contributed by atoms with Crippen molar-refractivity contribution in [2.24, 2.45) is 5.92 Å². The van der Waals surface area contributed by atoms with E-state index in [9.17, 15) is 9.59 Å². The van der Waals surface area contributed by atoms with E-state index >= 15 is 0 Å². The minimum absolute atomic E-state index is 0.0375. The summed E-state index contributed by atoms with van der Waals surface area (Å²) >= 11 is 0. The van der Waals surface area contributed by atoms with E-state index in [1.54, 1.807) is 18.5 Å². The van der Waals surface area contributed by atoms with Crippen molar-refractivity contribution in [2.75, 3.05) is 13.1 Å². The van der Waals surface area contributed by atoms with Crippen molar-refractivity contribution in [1.82, 2.24) is 19.4 Å². The molecule has 4 aromatic rings. The van der Waals surface area contributed by atoms with Crippen LogP contribution in [0.25, 0.3) is 21.9 Å². The molecule has 2 bridgehead atoms. The molecule has 2 aliphatic heterocycles. The molecule has 0 radical (unpaired) electrons. The van der Waals surface area contributed by atoms with E-state index in [0.29, 0.717) is 25.2 Å². The van der Waals surface area contributed by atoms with Crippen LogP contribution in [0.5, 0.6) is 0 Å². The third-order valence-corrected chi connectivity index (χ3v) is 6.75. The first kappa shape index (κ1) is 18.9. The number of rotatable bonds is 2. The maximum absolute atomic E-state index is 13.1. The molecule has 0 saturated carbocycles. The lowest BCUT2D eigenvalue weighted by Crippen LogP contribution is -2.49. The van der Waals surface area contributed by atoms with Crippen LogP contribution in [0.15, 0.2) is 78.1 Å². The molecule has 0 unspecified atom stereocenters. The highest BCUT2D eigenvalue weighted by atomic mass is 16.2. The van der Waals surface area contributed by atoms with Crippen LogP contribution in [0.1, 0.15) is 28.4 Å². The molecule has 1 saturated heterocycles. The number of carbonyl (C=O) groups excluding carboxylic acids is 1. The van der Waals surface area contributed by atoms with Crippen LogP contribution >= 0.6 is 0 Å². The van der Waals surface area contributed by atoms with E-state index in [-0.39, 0.29) is 23.3 Å². The van der Waals surface area contributed by atoms with Crippen LogP contribution in [0.4, 0.5) is 0 Å². The average Bonchev–Trinajstić information content (AvgIpc) is 2.84. The fourth-order valence-corrected chi connectivity index (χ4v) is 5.37. The van der Waals surface area contributed by atoms with Crippen LogP contribution < -0.4 is 5.56 Å². The second-order valence-corrected chi connectivity index (χ2v) is 8.78. The van der Waals surface area contributed by atoms with Crippen molar-refractivity contribution < 1.29 is 4.79 Å². The van der Waals surface area contributed by atoms with Gasteiger partial charge in [-0.15, -0.1) is 0 Å². The standard InChI is InChI=1S/C26H22N4O2/c31-24-8-7-23(20-6-5-18-3-1-2-4-19(18)10-20)25-21-9-17(14-30(24)25)13-29(15-21)26(32)22-11-27-16-28-12-22/h1-8,10-12,16-17,21H,9,13-15H2/t17-,21+/m0/s1. The first-order valence-electron chi connectivity index (χ1n) is 10.9. The topological polar surface area (TPSA) is 68.1 Å². The summed E-state index contributed by atoms with van der Waals surface area (Å²) in [5.41, 5.74) is 3.77. The molecular formula is C26H22N4O2. The van der Waals surface area contributed by atoms with E-state index < -0.39 is 0 Å². The van der Waals surface area contributed by atoms with Crippen LogP contribution in [0.2, 0.25) is 0 Å². The molecule has 2 aromatic heterocycles. The molecule has 2 atom stereocenters. The van der Waals surface area contributed by atoms with E-state index in [4.69, 9.17) is 0 Å². The maximum atomic E-state index is 13.1. The molecule has 158 valence electrons. The Kier molecular flexibility index (Phi) is 4.38. The van der Waals surface area contributed by atoms with Gasteiger partial charge in [0.25, 0.3) is 11.5 Å². The van der Waals surface area contributed by atoms with Gasteiger partial charge in [0.05, 0.1) is 5.56 Å². The number of hydrogen-bond donors (Lipinski definition) is 0. The SMILES string of the molecule is O=C(c1cncnc1)N1C[C@@H]2C[C@H](C1)c1c(-c3ccc4ccccc4c3)ccc(=O)n1C2. The Morgan fingerprint density at radius 1 is 0.906 bits per heavy atom. The number of fused-ring (bicyclic) bond motifs is 5. The Hall–Kier alpha value is -3.80. The van der Waals surface area contributed by atoms with E-state index in [1.165, 1.54) is 17.1 Å². The lowest BCUT2D eigenvalue weighted by atomic mass is 9.80. The fourth-order valence-electron chi connectivity index (χ4n) is 5.37. The number of benzene rings is 2. The van der Waals surface area contributed by atoms with Gasteiger partial charge in [0.15, 0.2) is 0 Å². The van der Waals surface area contributed by atoms with Gasteiger partial charge in [0, 0.05) is 55.3 Å². The molecule has 6 rings (SSSR count). The quantitative estimate of drug-likeness (QED) is 0.494. The highest BCUT2D eigenvalue weighted by molar-refractivity contribution is 5.93. The molecule has 2 aromatic carbocycles. The fraction of sp³-hybridized carbons (Fsp3) is 0.231. The van der Waals surface area contributed by atoms with Crippen LogP contribution in [-0.2, 0) is 6.54 Å². The number of amides is 1. The number of carbonyl (C=O) groups is 1. The van der Waals surface area contributed by atoms with Crippen LogP contribution in [0.3, 0.4) is 0 Å². The summed E-state index contributed by atoms with van der Waals surface area (Å²) in [4.78, 5) is 35.8. The van der Waals surface area contributed by atoms with Gasteiger partial charge in [-0.25, -0.2) is 9.97 Å². The summed E-state index contributed by atoms with van der Waals surface area (Å²) in [7, 11) is 0. The van der Waals surface area contributed by atoms with Crippen molar-refractivity contribution in [2.45, 2.75) is 18.9 Å². The molecule has 0 aliphatic carbocycles. The highest BCUT2D eigenvalue weighted by Crippen LogP contribution is 2.40. The van der Waals surface area contributed by atoms with Gasteiger partial charge in [-0.1, -0.05) is 36.4 Å². The molecular weight excluding hydrogens is 400 g/mol. The number of aromatic nitrogens is 3. The Labute approximate surface area is 185 Å². The molecule has 0 N–H and O–H groups in total. The monoisotopic (exact) mass is 422 g/mol. The Bertz CT molecular complexity index is 1400. The Morgan fingerprint density at radius 2 is 1.72 bits per heavy atom. The predicted octanol–water partition coefficient (Wildman–Crippen LogP) is 3.72. The lowest BCUT2D eigenvalue weighted by molar-refractivity contribution is 0.0594. The third-order valence-electron chi connectivity index (χ3n) is 6.75. The number of hydrogen-bond acceptors (Lipinski definition) is 4. The molecule has 1 fully saturated rings. The minimum atomic E-state index is -0.0423. The van der Waals surface area contributed by atoms with Crippen molar-refractivity contribution >= 4 is 16.7 Å². The normalized spacial score (nSPS) is 19.6. The van der Waals surface area contributed by atoms with Gasteiger partial charge in [0.2, 0.25) is 0 Å². The molecule has 32 heavy (non-hydrogen) atoms. The van der Waals surface area contributed by atoms with E-state index in [1.807, 2.05) is 27.7 Å². The van der Waals surface area contributed by atoms with Gasteiger partial charge in [-0.3, -0.25) is 9.59 Å². The number of piperidine rings is 1. The Balaban J connectivity index is 1.42. The zero-order valence-corrected chi connectivity index (χ0v) is 17.5. The van der Waals surface area contributed by atoms with Gasteiger partial charge in [-0.2, -0.15) is 0 Å². The third kappa shape index (κ3) is 3.11. The van der Waals surface area contributed by atoms with Crippen molar-refractivity contribution in [1.29, 1.82) is 0 Å². The van der Waals surface area contributed by atoms with E-state index in [0.717, 1.165) is 23.2 Å². The first-order chi connectivity index (χ1) is 15.7. The average molecular weight is 422 g/mol. The largest absolute Gasteiger partial charge is 0.338 e. The lowest BCUT2D eigenvalue weighted by Gasteiger charge is -2.43. The smallest absolute Gasteiger partial charge is 0.257 e. The number of nitrogens with zero attached hydrogens (tertiary/aromatic N) is 4. The second-order valence-electron chi connectivity index (χ2n) is 8.78. The molecule has 6 nitrogen and oxygen atoms in total. The minimum Gasteiger partial charge on any atom is -0.338 e. The molecule has 6 heteroatoms. The van der Waals surface area contributed by atoms with Crippen LogP contribution in [0, 0.1) is 5.92 Å². The Morgan fingerprint density at radius 3 is 2.56 bits per heavy atom. The number of pyridine rings is 1. The van der Waals surface area contributed by atoms with Crippen molar-refractivity contribution in [3.8, 4) is 11.1 Å². The zero-order chi connectivity index (χ0) is 21.7. The summed E-state index contributed by atoms with van der Waals surface area (Å²) < 4.78 is 1.94. The number of likely N-dealkylation sites (tertiary alicyclic amines) is 1. The first-order valence-corrected chi connectivity index (χ1v) is 10.9. The zero-order valence-electron chi connectivity index (χ0n) is 17.5. The molecule has 4 heterocycles. The van der Waals surface area contributed by atoms with Crippen LogP contribution in [-0.4, -0.2) is 38.4 Å². The predicted molar refractivity (Wildman–Crippen MR) is 122 cm³/mol. The summed E-state index contributed by atoms with van der Waals surface area (Å²) in [6.45, 7) is 1.88.